The summed E-state index contributed by atoms with van der Waals surface area (Å²) in [4.78, 5) is 22.0. The van der Waals surface area contributed by atoms with E-state index < -0.39 is 45.6 Å². The number of nitriles is 1. The van der Waals surface area contributed by atoms with Gasteiger partial charge in [-0.15, -0.1) is 0 Å². The van der Waals surface area contributed by atoms with Gasteiger partial charge in [-0.25, -0.2) is 13.2 Å². The minimum Gasteiger partial charge on any atom is -0.332 e. The van der Waals surface area contributed by atoms with E-state index in [0.717, 1.165) is 24.3 Å². The third-order valence-corrected chi connectivity index (χ3v) is 3.08. The molecule has 0 spiro atoms. The van der Waals surface area contributed by atoms with Crippen LogP contribution in [0.4, 0.5) is 18.9 Å². The molecule has 0 fully saturated rings. The summed E-state index contributed by atoms with van der Waals surface area (Å²) in [5, 5.41) is 22.0. The Morgan fingerprint density at radius 2 is 1.79 bits per heavy atom. The van der Waals surface area contributed by atoms with Crippen LogP contribution in [0.2, 0.25) is 0 Å². The largest absolute Gasteiger partial charge is 0.332 e. The summed E-state index contributed by atoms with van der Waals surface area (Å²) in [6.07, 6.45) is 0. The number of halogens is 3. The van der Waals surface area contributed by atoms with Gasteiger partial charge in [0, 0.05) is 11.6 Å². The van der Waals surface area contributed by atoms with Crippen molar-refractivity contribution in [1.29, 1.82) is 5.26 Å². The van der Waals surface area contributed by atoms with Crippen molar-refractivity contribution in [3.63, 3.8) is 0 Å². The van der Waals surface area contributed by atoms with E-state index in [2.05, 4.69) is 5.32 Å². The minimum absolute atomic E-state index is 0.308. The Kier molecular flexibility index (Phi) is 4.79. The molecule has 0 aliphatic rings. The molecule has 0 radical (unpaired) electrons. The molecule has 0 heterocycles. The number of nitro benzene ring substituents is 1. The zero-order valence-corrected chi connectivity index (χ0v) is 11.8. The van der Waals surface area contributed by atoms with Crippen molar-refractivity contribution in [2.75, 3.05) is 0 Å². The van der Waals surface area contributed by atoms with Crippen LogP contribution in [-0.4, -0.2) is 10.8 Å². The highest BCUT2D eigenvalue weighted by molar-refractivity contribution is 5.98. The van der Waals surface area contributed by atoms with Gasteiger partial charge in [0.25, 0.3) is 11.6 Å². The van der Waals surface area contributed by atoms with Crippen LogP contribution in [-0.2, 0) is 0 Å². The van der Waals surface area contributed by atoms with Gasteiger partial charge < -0.3 is 5.32 Å². The van der Waals surface area contributed by atoms with Gasteiger partial charge in [-0.2, -0.15) is 5.26 Å². The summed E-state index contributed by atoms with van der Waals surface area (Å²) in [5.41, 5.74) is -1.61. The lowest BCUT2D eigenvalue weighted by molar-refractivity contribution is -0.385. The fraction of sp³-hybridized carbons (Fsp3) is 0.0667. The second-order valence-electron chi connectivity index (χ2n) is 4.62. The average Bonchev–Trinajstić information content (AvgIpc) is 2.52. The molecule has 24 heavy (non-hydrogen) atoms. The van der Waals surface area contributed by atoms with Gasteiger partial charge in [-0.05, 0) is 18.2 Å². The maximum absolute atomic E-state index is 13.7. The molecule has 0 bridgehead atoms. The maximum Gasteiger partial charge on any atom is 0.285 e. The first kappa shape index (κ1) is 17.0. The van der Waals surface area contributed by atoms with E-state index in [9.17, 15) is 28.1 Å². The van der Waals surface area contributed by atoms with Crippen molar-refractivity contribution in [2.45, 2.75) is 6.04 Å². The van der Waals surface area contributed by atoms with Crippen molar-refractivity contribution in [2.24, 2.45) is 0 Å². The summed E-state index contributed by atoms with van der Waals surface area (Å²) >= 11 is 0. The van der Waals surface area contributed by atoms with Crippen LogP contribution in [0.3, 0.4) is 0 Å². The summed E-state index contributed by atoms with van der Waals surface area (Å²) in [6, 6.07) is 4.75. The number of carbonyl (C=O) groups is 1. The zero-order chi connectivity index (χ0) is 17.9. The molecule has 1 unspecified atom stereocenters. The standard InChI is InChI=1S/C15H8F3N3O3/c16-8-1-3-10(12(18)5-8)13(7-19)20-15(22)11-4-2-9(17)6-14(11)21(23)24/h1-6,13H,(H,20,22). The lowest BCUT2D eigenvalue weighted by atomic mass is 10.1. The number of hydrogen-bond donors (Lipinski definition) is 1. The number of nitrogens with one attached hydrogen (secondary N) is 1. The van der Waals surface area contributed by atoms with E-state index in [1.807, 2.05) is 0 Å². The molecule has 0 aromatic heterocycles. The molecule has 0 saturated carbocycles. The van der Waals surface area contributed by atoms with E-state index in [4.69, 9.17) is 5.26 Å². The Hall–Kier alpha value is -3.41. The molecule has 6 nitrogen and oxygen atoms in total. The van der Waals surface area contributed by atoms with E-state index in [0.29, 0.717) is 12.1 Å². The average molecular weight is 335 g/mol. The predicted octanol–water partition coefficient (Wildman–Crippen LogP) is 3.01. The number of carbonyl (C=O) groups excluding carboxylic acids is 1. The van der Waals surface area contributed by atoms with Gasteiger partial charge in [-0.3, -0.25) is 14.9 Å². The second kappa shape index (κ2) is 6.78. The molecule has 1 amide bonds. The Bertz CT molecular complexity index is 865. The SMILES string of the molecule is N#CC(NC(=O)c1ccc(F)cc1[N+](=O)[O-])c1ccc(F)cc1F. The first-order valence-corrected chi connectivity index (χ1v) is 6.43. The number of amides is 1. The first-order valence-electron chi connectivity index (χ1n) is 6.43. The molecular formula is C15H8F3N3O3. The monoisotopic (exact) mass is 335 g/mol. The van der Waals surface area contributed by atoms with Gasteiger partial charge in [0.1, 0.15) is 29.1 Å². The number of rotatable bonds is 4. The highest BCUT2D eigenvalue weighted by Crippen LogP contribution is 2.22. The molecule has 0 aliphatic carbocycles. The number of nitro groups is 1. The number of benzene rings is 2. The third kappa shape index (κ3) is 3.49. The Morgan fingerprint density at radius 1 is 1.17 bits per heavy atom. The Balaban J connectivity index is 2.34. The lowest BCUT2D eigenvalue weighted by Crippen LogP contribution is -2.29. The van der Waals surface area contributed by atoms with Crippen LogP contribution in [0.5, 0.6) is 0 Å². The second-order valence-corrected chi connectivity index (χ2v) is 4.62. The summed E-state index contributed by atoms with van der Waals surface area (Å²) < 4.78 is 39.7. The van der Waals surface area contributed by atoms with E-state index in [1.165, 1.54) is 0 Å². The van der Waals surface area contributed by atoms with Crippen LogP contribution in [0.1, 0.15) is 22.0 Å². The fourth-order valence-corrected chi connectivity index (χ4v) is 1.97. The van der Waals surface area contributed by atoms with Crippen molar-refractivity contribution in [3.8, 4) is 6.07 Å². The quantitative estimate of drug-likeness (QED) is 0.686. The van der Waals surface area contributed by atoms with Crippen molar-refractivity contribution >= 4 is 11.6 Å². The van der Waals surface area contributed by atoms with Gasteiger partial charge in [-0.1, -0.05) is 6.07 Å². The van der Waals surface area contributed by atoms with E-state index in [1.54, 1.807) is 6.07 Å². The highest BCUT2D eigenvalue weighted by atomic mass is 19.1. The van der Waals surface area contributed by atoms with E-state index in [-0.39, 0.29) is 5.56 Å². The van der Waals surface area contributed by atoms with Crippen molar-refractivity contribution in [3.05, 3.63) is 75.1 Å². The van der Waals surface area contributed by atoms with Crippen LogP contribution < -0.4 is 5.32 Å². The molecule has 122 valence electrons. The van der Waals surface area contributed by atoms with Gasteiger partial charge in [0.05, 0.1) is 17.1 Å². The minimum atomic E-state index is -1.51. The molecule has 2 aromatic rings. The molecular weight excluding hydrogens is 327 g/mol. The number of nitrogens with zero attached hydrogens (tertiary/aromatic N) is 2. The molecule has 1 atom stereocenters. The summed E-state index contributed by atoms with van der Waals surface area (Å²) in [5.74, 6) is -3.92. The molecule has 0 saturated heterocycles. The van der Waals surface area contributed by atoms with Crippen LogP contribution in [0.25, 0.3) is 0 Å². The van der Waals surface area contributed by atoms with Crippen molar-refractivity contribution < 1.29 is 22.9 Å². The maximum atomic E-state index is 13.7. The zero-order valence-electron chi connectivity index (χ0n) is 11.8. The summed E-state index contributed by atoms with van der Waals surface area (Å²) in [7, 11) is 0. The van der Waals surface area contributed by atoms with Gasteiger partial charge >= 0.3 is 0 Å². The Labute approximate surface area is 133 Å². The van der Waals surface area contributed by atoms with Crippen LogP contribution >= 0.6 is 0 Å². The van der Waals surface area contributed by atoms with Crippen LogP contribution in [0, 0.1) is 38.9 Å². The predicted molar refractivity (Wildman–Crippen MR) is 75.2 cm³/mol. The molecule has 0 aliphatic heterocycles. The Morgan fingerprint density at radius 3 is 2.38 bits per heavy atom. The topological polar surface area (TPSA) is 96.0 Å². The lowest BCUT2D eigenvalue weighted by Gasteiger charge is -2.13. The fourth-order valence-electron chi connectivity index (χ4n) is 1.97. The first-order chi connectivity index (χ1) is 11.3. The molecule has 1 N–H and O–H groups in total. The molecule has 9 heteroatoms. The summed E-state index contributed by atoms with van der Waals surface area (Å²) in [6.45, 7) is 0. The van der Waals surface area contributed by atoms with Crippen LogP contribution in [0.15, 0.2) is 36.4 Å². The molecule has 2 rings (SSSR count). The van der Waals surface area contributed by atoms with Crippen molar-refractivity contribution in [1.82, 2.24) is 5.32 Å². The molecule has 2 aromatic carbocycles. The third-order valence-electron chi connectivity index (χ3n) is 3.08. The van der Waals surface area contributed by atoms with Gasteiger partial charge in [0.2, 0.25) is 0 Å². The van der Waals surface area contributed by atoms with Gasteiger partial charge in [0.15, 0.2) is 0 Å². The smallest absolute Gasteiger partial charge is 0.285 e. The van der Waals surface area contributed by atoms with E-state index >= 15 is 0 Å². The number of hydrogen-bond acceptors (Lipinski definition) is 4. The normalized spacial score (nSPS) is 11.4. The highest BCUT2D eigenvalue weighted by Gasteiger charge is 2.25.